The summed E-state index contributed by atoms with van der Waals surface area (Å²) in [5.41, 5.74) is 2.58. The SMILES string of the molecule is Cc1cnc(-c2ccnc(C3CC3)n2)cc1-n1c(C)cc(OCc2ncc(F)cc2F)c(Cl)c1=O. The Bertz CT molecular complexity index is 1500. The van der Waals surface area contributed by atoms with Crippen LogP contribution >= 0.6 is 11.6 Å². The topological polar surface area (TPSA) is 82.8 Å². The molecule has 0 saturated heterocycles. The van der Waals surface area contributed by atoms with E-state index in [9.17, 15) is 13.6 Å². The second kappa shape index (κ2) is 9.14. The minimum atomic E-state index is -0.847. The van der Waals surface area contributed by atoms with E-state index < -0.39 is 17.2 Å². The van der Waals surface area contributed by atoms with Gasteiger partial charge in [0.05, 0.1) is 23.3 Å². The molecule has 0 aliphatic heterocycles. The molecular weight excluding hydrogens is 476 g/mol. The maximum Gasteiger partial charge on any atom is 0.277 e. The van der Waals surface area contributed by atoms with Crippen LogP contribution in [0.1, 0.15) is 41.5 Å². The van der Waals surface area contributed by atoms with Crippen molar-refractivity contribution in [2.24, 2.45) is 0 Å². The van der Waals surface area contributed by atoms with Crippen LogP contribution in [0.5, 0.6) is 5.75 Å². The van der Waals surface area contributed by atoms with Crippen molar-refractivity contribution in [2.45, 2.75) is 39.2 Å². The summed E-state index contributed by atoms with van der Waals surface area (Å²) in [4.78, 5) is 30.4. The molecule has 0 bridgehead atoms. The van der Waals surface area contributed by atoms with E-state index in [0.717, 1.165) is 30.4 Å². The highest BCUT2D eigenvalue weighted by Gasteiger charge is 2.27. The fourth-order valence-corrected chi connectivity index (χ4v) is 3.92. The Hall–Kier alpha value is -3.72. The number of ether oxygens (including phenoxy) is 1. The van der Waals surface area contributed by atoms with Gasteiger partial charge in [-0.15, -0.1) is 0 Å². The molecule has 1 fully saturated rings. The van der Waals surface area contributed by atoms with Gasteiger partial charge in [0.2, 0.25) is 0 Å². The lowest BCUT2D eigenvalue weighted by atomic mass is 10.1. The maximum atomic E-state index is 13.9. The summed E-state index contributed by atoms with van der Waals surface area (Å²) in [6, 6.07) is 5.87. The Morgan fingerprint density at radius 2 is 1.89 bits per heavy atom. The van der Waals surface area contributed by atoms with Crippen LogP contribution in [0.2, 0.25) is 5.02 Å². The van der Waals surface area contributed by atoms with Crippen molar-refractivity contribution in [3.8, 4) is 22.8 Å². The average Bonchev–Trinajstić information content (AvgIpc) is 3.68. The monoisotopic (exact) mass is 495 g/mol. The van der Waals surface area contributed by atoms with E-state index in [-0.39, 0.29) is 23.1 Å². The number of nitrogens with zero attached hydrogens (tertiary/aromatic N) is 5. The van der Waals surface area contributed by atoms with Crippen LogP contribution in [0, 0.1) is 25.5 Å². The van der Waals surface area contributed by atoms with Crippen molar-refractivity contribution in [2.75, 3.05) is 0 Å². The fourth-order valence-electron chi connectivity index (χ4n) is 3.73. The van der Waals surface area contributed by atoms with Crippen LogP contribution in [-0.4, -0.2) is 24.5 Å². The molecule has 0 amide bonds. The zero-order valence-electron chi connectivity index (χ0n) is 18.9. The standard InChI is InChI=1S/C25H20ClF2N5O2/c1-13-10-30-19(18-5-6-29-24(32-18)15-3-4-15)9-21(13)33-14(2)7-22(23(26)25(33)34)35-12-20-17(28)8-16(27)11-31-20/h5-11,15H,3-4,12H2,1-2H3. The van der Waals surface area contributed by atoms with Gasteiger partial charge in [0.1, 0.15) is 34.7 Å². The van der Waals surface area contributed by atoms with E-state index in [0.29, 0.717) is 34.8 Å². The molecule has 178 valence electrons. The van der Waals surface area contributed by atoms with E-state index in [1.807, 2.05) is 6.92 Å². The smallest absolute Gasteiger partial charge is 0.277 e. The highest BCUT2D eigenvalue weighted by Crippen LogP contribution is 2.38. The van der Waals surface area contributed by atoms with Gasteiger partial charge in [-0.3, -0.25) is 19.3 Å². The van der Waals surface area contributed by atoms with Gasteiger partial charge in [0, 0.05) is 36.1 Å². The van der Waals surface area contributed by atoms with Gasteiger partial charge in [-0.05, 0) is 44.4 Å². The molecule has 4 aromatic rings. The second-order valence-corrected chi connectivity index (χ2v) is 8.78. The van der Waals surface area contributed by atoms with E-state index in [4.69, 9.17) is 16.3 Å². The van der Waals surface area contributed by atoms with Crippen LogP contribution in [-0.2, 0) is 6.61 Å². The van der Waals surface area contributed by atoms with E-state index in [1.54, 1.807) is 37.5 Å². The Balaban J connectivity index is 1.49. The summed E-state index contributed by atoms with van der Waals surface area (Å²) in [5, 5.41) is -0.172. The van der Waals surface area contributed by atoms with Gasteiger partial charge >= 0.3 is 0 Å². The number of halogens is 3. The van der Waals surface area contributed by atoms with Gasteiger partial charge in [-0.2, -0.15) is 0 Å². The highest BCUT2D eigenvalue weighted by atomic mass is 35.5. The predicted molar refractivity (Wildman–Crippen MR) is 126 cm³/mol. The van der Waals surface area contributed by atoms with Crippen LogP contribution in [0.25, 0.3) is 17.1 Å². The molecule has 0 aromatic carbocycles. The number of pyridine rings is 3. The predicted octanol–water partition coefficient (Wildman–Crippen LogP) is 5.09. The summed E-state index contributed by atoms with van der Waals surface area (Å²) in [6.45, 7) is 3.26. The minimum absolute atomic E-state index is 0.0766. The van der Waals surface area contributed by atoms with Gasteiger partial charge in [0.15, 0.2) is 5.82 Å². The molecule has 0 unspecified atom stereocenters. The molecular formula is C25H20ClF2N5O2. The molecule has 35 heavy (non-hydrogen) atoms. The molecule has 1 saturated carbocycles. The number of rotatable bonds is 6. The molecule has 0 atom stereocenters. The first-order chi connectivity index (χ1) is 16.8. The first-order valence-corrected chi connectivity index (χ1v) is 11.3. The molecule has 0 N–H and O–H groups in total. The molecule has 1 aliphatic carbocycles. The summed E-state index contributed by atoms with van der Waals surface area (Å²) >= 11 is 6.35. The zero-order valence-corrected chi connectivity index (χ0v) is 19.7. The van der Waals surface area contributed by atoms with Gasteiger partial charge < -0.3 is 4.74 Å². The number of hydrogen-bond donors (Lipinski definition) is 0. The lowest BCUT2D eigenvalue weighted by Gasteiger charge is -2.16. The summed E-state index contributed by atoms with van der Waals surface area (Å²) in [5.74, 6) is -0.361. The first-order valence-electron chi connectivity index (χ1n) is 11.0. The molecule has 1 aliphatic rings. The quantitative estimate of drug-likeness (QED) is 0.370. The summed E-state index contributed by atoms with van der Waals surface area (Å²) < 4.78 is 34.0. The Morgan fingerprint density at radius 1 is 1.09 bits per heavy atom. The van der Waals surface area contributed by atoms with Gasteiger partial charge in [0.25, 0.3) is 5.56 Å². The van der Waals surface area contributed by atoms with Crippen LogP contribution in [0.15, 0.2) is 47.7 Å². The third-order valence-corrected chi connectivity index (χ3v) is 6.09. The van der Waals surface area contributed by atoms with Crippen molar-refractivity contribution < 1.29 is 13.5 Å². The lowest BCUT2D eigenvalue weighted by molar-refractivity contribution is 0.292. The van der Waals surface area contributed by atoms with E-state index in [1.165, 1.54) is 4.57 Å². The molecule has 4 heterocycles. The van der Waals surface area contributed by atoms with Crippen molar-refractivity contribution in [1.29, 1.82) is 0 Å². The Morgan fingerprint density at radius 3 is 2.63 bits per heavy atom. The average molecular weight is 496 g/mol. The van der Waals surface area contributed by atoms with Gasteiger partial charge in [-0.25, -0.2) is 18.7 Å². The van der Waals surface area contributed by atoms with E-state index >= 15 is 0 Å². The molecule has 7 nitrogen and oxygen atoms in total. The molecule has 0 spiro atoms. The Labute approximate surface area is 204 Å². The number of aromatic nitrogens is 5. The summed E-state index contributed by atoms with van der Waals surface area (Å²) in [6.07, 6.45) is 6.46. The van der Waals surface area contributed by atoms with Gasteiger partial charge in [-0.1, -0.05) is 11.6 Å². The second-order valence-electron chi connectivity index (χ2n) is 8.41. The molecule has 10 heteroatoms. The zero-order chi connectivity index (χ0) is 24.7. The molecule has 4 aromatic heterocycles. The minimum Gasteiger partial charge on any atom is -0.485 e. The normalized spacial score (nSPS) is 13.2. The van der Waals surface area contributed by atoms with Crippen molar-refractivity contribution in [1.82, 2.24) is 24.5 Å². The summed E-state index contributed by atoms with van der Waals surface area (Å²) in [7, 11) is 0. The van der Waals surface area contributed by atoms with Crippen molar-refractivity contribution in [3.63, 3.8) is 0 Å². The Kier molecular flexibility index (Phi) is 6.02. The van der Waals surface area contributed by atoms with Crippen LogP contribution < -0.4 is 10.3 Å². The van der Waals surface area contributed by atoms with Crippen LogP contribution in [0.4, 0.5) is 8.78 Å². The first kappa shape index (κ1) is 23.0. The third kappa shape index (κ3) is 4.64. The third-order valence-electron chi connectivity index (χ3n) is 5.74. The molecule has 5 rings (SSSR count). The number of aryl methyl sites for hydroxylation is 2. The highest BCUT2D eigenvalue weighted by molar-refractivity contribution is 6.31. The fraction of sp³-hybridized carbons (Fsp3) is 0.240. The number of hydrogen-bond acceptors (Lipinski definition) is 6. The van der Waals surface area contributed by atoms with E-state index in [2.05, 4.69) is 19.9 Å². The van der Waals surface area contributed by atoms with Crippen molar-refractivity contribution in [3.05, 3.63) is 92.6 Å². The van der Waals surface area contributed by atoms with Crippen LogP contribution in [0.3, 0.4) is 0 Å². The maximum absolute atomic E-state index is 13.9. The lowest BCUT2D eigenvalue weighted by Crippen LogP contribution is -2.23. The van der Waals surface area contributed by atoms with Crippen molar-refractivity contribution >= 4 is 11.6 Å². The largest absolute Gasteiger partial charge is 0.485 e. The molecule has 0 radical (unpaired) electrons.